The number of rotatable bonds is 1. The summed E-state index contributed by atoms with van der Waals surface area (Å²) in [5.41, 5.74) is -1.42. The molecule has 0 spiro atoms. The Kier molecular flexibility index (Phi) is 2.50. The lowest BCUT2D eigenvalue weighted by Gasteiger charge is -2.11. The average molecular weight is 213 g/mol. The predicted molar refractivity (Wildman–Crippen MR) is 37.7 cm³/mol. The van der Waals surface area contributed by atoms with E-state index in [1.165, 1.54) is 0 Å². The van der Waals surface area contributed by atoms with E-state index in [1.807, 2.05) is 0 Å². The van der Waals surface area contributed by atoms with Crippen LogP contribution in [0.25, 0.3) is 0 Å². The number of anilines is 1. The SMILES string of the molecule is Oc1ccc(F)c(NC(F)(F)F)c1F. The smallest absolute Gasteiger partial charge is 0.482 e. The van der Waals surface area contributed by atoms with Crippen LogP contribution in [0.2, 0.25) is 0 Å². The van der Waals surface area contributed by atoms with Crippen molar-refractivity contribution < 1.29 is 27.1 Å². The summed E-state index contributed by atoms with van der Waals surface area (Å²) in [6, 6.07) is 1.14. The first-order chi connectivity index (χ1) is 6.31. The van der Waals surface area contributed by atoms with E-state index in [1.54, 1.807) is 0 Å². The number of hydrogen-bond acceptors (Lipinski definition) is 2. The van der Waals surface area contributed by atoms with Crippen LogP contribution in [-0.4, -0.2) is 11.4 Å². The number of alkyl halides is 3. The molecule has 0 aromatic heterocycles. The minimum Gasteiger partial charge on any atom is -0.505 e. The first-order valence-electron chi connectivity index (χ1n) is 3.33. The molecule has 1 rings (SSSR count). The molecule has 0 unspecified atom stereocenters. The van der Waals surface area contributed by atoms with Crippen molar-refractivity contribution in [3.8, 4) is 5.75 Å². The van der Waals surface area contributed by atoms with Crippen molar-refractivity contribution in [2.45, 2.75) is 6.30 Å². The molecule has 14 heavy (non-hydrogen) atoms. The van der Waals surface area contributed by atoms with Gasteiger partial charge in [-0.2, -0.15) is 13.2 Å². The summed E-state index contributed by atoms with van der Waals surface area (Å²) in [5, 5.41) is 9.32. The Labute approximate surface area is 75.0 Å². The lowest BCUT2D eigenvalue weighted by molar-refractivity contribution is -0.100. The first kappa shape index (κ1) is 10.6. The number of phenols is 1. The second kappa shape index (κ2) is 3.32. The van der Waals surface area contributed by atoms with Crippen LogP contribution in [0.4, 0.5) is 27.6 Å². The van der Waals surface area contributed by atoms with Crippen molar-refractivity contribution in [1.29, 1.82) is 0 Å². The van der Waals surface area contributed by atoms with E-state index >= 15 is 0 Å². The quantitative estimate of drug-likeness (QED) is 0.555. The lowest BCUT2D eigenvalue weighted by Crippen LogP contribution is -2.22. The van der Waals surface area contributed by atoms with Crippen molar-refractivity contribution in [2.75, 3.05) is 5.32 Å². The predicted octanol–water partition coefficient (Wildman–Crippen LogP) is 2.60. The molecule has 0 fully saturated rings. The highest BCUT2D eigenvalue weighted by molar-refractivity contribution is 5.51. The number of hydrogen-bond donors (Lipinski definition) is 2. The summed E-state index contributed by atoms with van der Waals surface area (Å²) in [5.74, 6) is -4.17. The van der Waals surface area contributed by atoms with Crippen LogP contribution in [-0.2, 0) is 0 Å². The van der Waals surface area contributed by atoms with Crippen molar-refractivity contribution in [3.05, 3.63) is 23.8 Å². The molecule has 0 heterocycles. The molecule has 0 aliphatic carbocycles. The number of nitrogens with one attached hydrogen (secondary N) is 1. The van der Waals surface area contributed by atoms with E-state index < -0.39 is 29.4 Å². The lowest BCUT2D eigenvalue weighted by atomic mass is 10.2. The number of benzene rings is 1. The van der Waals surface area contributed by atoms with Gasteiger partial charge in [0.25, 0.3) is 0 Å². The first-order valence-corrected chi connectivity index (χ1v) is 3.33. The zero-order valence-electron chi connectivity index (χ0n) is 6.49. The Morgan fingerprint density at radius 2 is 1.71 bits per heavy atom. The maximum absolute atomic E-state index is 12.7. The zero-order chi connectivity index (χ0) is 10.9. The highest BCUT2D eigenvalue weighted by Gasteiger charge is 2.30. The summed E-state index contributed by atoms with van der Waals surface area (Å²) in [6.07, 6.45) is -4.96. The van der Waals surface area contributed by atoms with Gasteiger partial charge in [-0.1, -0.05) is 0 Å². The van der Waals surface area contributed by atoms with Gasteiger partial charge in [0, 0.05) is 0 Å². The van der Waals surface area contributed by atoms with Gasteiger partial charge in [0.1, 0.15) is 11.5 Å². The molecule has 0 atom stereocenters. The van der Waals surface area contributed by atoms with Crippen LogP contribution >= 0.6 is 0 Å². The minimum absolute atomic E-state index is 0.520. The fraction of sp³-hybridized carbons (Fsp3) is 0.143. The van der Waals surface area contributed by atoms with Crippen LogP contribution in [0.3, 0.4) is 0 Å². The molecule has 1 aromatic rings. The van der Waals surface area contributed by atoms with Gasteiger partial charge < -0.3 is 5.11 Å². The third-order valence-electron chi connectivity index (χ3n) is 1.34. The van der Waals surface area contributed by atoms with Crippen LogP contribution in [0.15, 0.2) is 12.1 Å². The van der Waals surface area contributed by atoms with Gasteiger partial charge in [-0.25, -0.2) is 8.78 Å². The van der Waals surface area contributed by atoms with Gasteiger partial charge in [0.15, 0.2) is 11.6 Å². The molecule has 0 bridgehead atoms. The molecule has 0 saturated heterocycles. The van der Waals surface area contributed by atoms with Crippen LogP contribution in [0, 0.1) is 11.6 Å². The van der Waals surface area contributed by atoms with E-state index in [2.05, 4.69) is 0 Å². The molecule has 0 aliphatic rings. The third-order valence-corrected chi connectivity index (χ3v) is 1.34. The highest BCUT2D eigenvalue weighted by atomic mass is 19.4. The van der Waals surface area contributed by atoms with E-state index in [0.717, 1.165) is 0 Å². The van der Waals surface area contributed by atoms with Gasteiger partial charge in [-0.15, -0.1) is 0 Å². The Balaban J connectivity index is 3.13. The molecule has 2 nitrogen and oxygen atoms in total. The topological polar surface area (TPSA) is 32.3 Å². The Morgan fingerprint density at radius 1 is 1.14 bits per heavy atom. The number of halogens is 5. The van der Waals surface area contributed by atoms with Crippen LogP contribution < -0.4 is 5.32 Å². The normalized spacial score (nSPS) is 11.5. The van der Waals surface area contributed by atoms with Crippen LogP contribution in [0.1, 0.15) is 0 Å². The van der Waals surface area contributed by atoms with Crippen LogP contribution in [0.5, 0.6) is 5.75 Å². The molecular weight excluding hydrogens is 209 g/mol. The molecular formula is C7H4F5NO. The summed E-state index contributed by atoms with van der Waals surface area (Å²) in [4.78, 5) is 0. The molecule has 0 aliphatic heterocycles. The Bertz CT molecular complexity index is 349. The van der Waals surface area contributed by atoms with Gasteiger partial charge in [0.2, 0.25) is 0 Å². The Morgan fingerprint density at radius 3 is 2.21 bits per heavy atom. The minimum atomic E-state index is -4.96. The standard InChI is InChI=1S/C7H4F5NO/c8-3-1-2-4(14)5(9)6(3)13-7(10,11)12/h1-2,13-14H. The van der Waals surface area contributed by atoms with Gasteiger partial charge in [0.05, 0.1) is 0 Å². The summed E-state index contributed by atoms with van der Waals surface area (Å²) in [6.45, 7) is 0. The average Bonchev–Trinajstić information content (AvgIpc) is 2.04. The number of aromatic hydroxyl groups is 1. The fourth-order valence-electron chi connectivity index (χ4n) is 0.798. The van der Waals surface area contributed by atoms with Gasteiger partial charge in [-0.3, -0.25) is 5.32 Å². The van der Waals surface area contributed by atoms with Crippen molar-refractivity contribution in [3.63, 3.8) is 0 Å². The van der Waals surface area contributed by atoms with E-state index in [4.69, 9.17) is 5.11 Å². The van der Waals surface area contributed by atoms with Gasteiger partial charge >= 0.3 is 6.30 Å². The molecule has 1 aromatic carbocycles. The van der Waals surface area contributed by atoms with Crippen molar-refractivity contribution in [2.24, 2.45) is 0 Å². The summed E-state index contributed by atoms with van der Waals surface area (Å²) < 4.78 is 60.5. The molecule has 0 amide bonds. The maximum atomic E-state index is 12.7. The molecule has 0 radical (unpaired) electrons. The van der Waals surface area contributed by atoms with E-state index in [-0.39, 0.29) is 0 Å². The van der Waals surface area contributed by atoms with Crippen molar-refractivity contribution in [1.82, 2.24) is 0 Å². The van der Waals surface area contributed by atoms with E-state index in [0.29, 0.717) is 17.4 Å². The number of phenolic OH excluding ortho intramolecular Hbond substituents is 1. The second-order valence-corrected chi connectivity index (χ2v) is 2.38. The monoisotopic (exact) mass is 213 g/mol. The molecule has 0 saturated carbocycles. The van der Waals surface area contributed by atoms with Crippen molar-refractivity contribution >= 4 is 5.69 Å². The third kappa shape index (κ3) is 2.24. The van der Waals surface area contributed by atoms with Gasteiger partial charge in [-0.05, 0) is 12.1 Å². The highest BCUT2D eigenvalue weighted by Crippen LogP contribution is 2.30. The zero-order valence-corrected chi connectivity index (χ0v) is 6.49. The largest absolute Gasteiger partial charge is 0.505 e. The van der Waals surface area contributed by atoms with E-state index in [9.17, 15) is 22.0 Å². The summed E-state index contributed by atoms with van der Waals surface area (Å²) >= 11 is 0. The maximum Gasteiger partial charge on any atom is 0.482 e. The second-order valence-electron chi connectivity index (χ2n) is 2.38. The molecule has 2 N–H and O–H groups in total. The molecule has 78 valence electrons. The Hall–Kier alpha value is -1.53. The fourth-order valence-corrected chi connectivity index (χ4v) is 0.798. The summed E-state index contributed by atoms with van der Waals surface area (Å²) in [7, 11) is 0. The molecule has 7 heteroatoms.